The van der Waals surface area contributed by atoms with Crippen molar-refractivity contribution in [3.8, 4) is 0 Å². The molecule has 26 heavy (non-hydrogen) atoms. The Morgan fingerprint density at radius 1 is 1.00 bits per heavy atom. The molecule has 0 fully saturated rings. The maximum Gasteiger partial charge on any atom is 0.193 e. The third-order valence-electron chi connectivity index (χ3n) is 4.45. The second-order valence-electron chi connectivity index (χ2n) is 6.30. The normalized spacial score (nSPS) is 25.4. The SMILES string of the molecule is O=C(c1ccccc1)c1cccc(C2=C[C@@](O)(C(=O)[O-])C[C@@H](O)[C@@H]2O)c1. The van der Waals surface area contributed by atoms with Crippen molar-refractivity contribution in [1.29, 1.82) is 0 Å². The summed E-state index contributed by atoms with van der Waals surface area (Å²) in [6.45, 7) is 0. The van der Waals surface area contributed by atoms with Gasteiger partial charge >= 0.3 is 0 Å². The Morgan fingerprint density at radius 2 is 1.65 bits per heavy atom. The summed E-state index contributed by atoms with van der Waals surface area (Å²) in [7, 11) is 0. The third-order valence-corrected chi connectivity index (χ3v) is 4.45. The molecular weight excluding hydrogens is 336 g/mol. The average molecular weight is 353 g/mol. The molecule has 1 aliphatic rings. The fourth-order valence-electron chi connectivity index (χ4n) is 3.03. The Kier molecular flexibility index (Phi) is 4.73. The number of benzene rings is 2. The van der Waals surface area contributed by atoms with Crippen molar-refractivity contribution in [2.45, 2.75) is 24.2 Å². The van der Waals surface area contributed by atoms with E-state index < -0.39 is 30.2 Å². The van der Waals surface area contributed by atoms with Crippen molar-refractivity contribution in [1.82, 2.24) is 0 Å². The molecule has 0 aromatic heterocycles. The number of carbonyl (C=O) groups is 2. The van der Waals surface area contributed by atoms with E-state index >= 15 is 0 Å². The summed E-state index contributed by atoms with van der Waals surface area (Å²) in [6.07, 6.45) is -2.49. The minimum Gasteiger partial charge on any atom is -0.547 e. The van der Waals surface area contributed by atoms with Gasteiger partial charge in [-0.05, 0) is 23.3 Å². The number of carbonyl (C=O) groups excluding carboxylic acids is 2. The molecule has 0 unspecified atom stereocenters. The van der Waals surface area contributed by atoms with Crippen molar-refractivity contribution in [2.24, 2.45) is 0 Å². The number of aliphatic hydroxyl groups is 3. The fourth-order valence-corrected chi connectivity index (χ4v) is 3.03. The van der Waals surface area contributed by atoms with Gasteiger partial charge in [0.2, 0.25) is 0 Å². The van der Waals surface area contributed by atoms with Gasteiger partial charge in [0, 0.05) is 17.5 Å². The minimum absolute atomic E-state index is 0.0261. The maximum absolute atomic E-state index is 12.6. The zero-order valence-electron chi connectivity index (χ0n) is 13.7. The molecule has 0 radical (unpaired) electrons. The molecule has 3 N–H and O–H groups in total. The number of hydrogen-bond acceptors (Lipinski definition) is 6. The molecule has 3 atom stereocenters. The summed E-state index contributed by atoms with van der Waals surface area (Å²) < 4.78 is 0. The third kappa shape index (κ3) is 3.30. The molecule has 3 rings (SSSR count). The van der Waals surface area contributed by atoms with Crippen LogP contribution in [-0.2, 0) is 4.79 Å². The van der Waals surface area contributed by atoms with Crippen molar-refractivity contribution >= 4 is 17.3 Å². The Hall–Kier alpha value is -2.80. The first-order valence-electron chi connectivity index (χ1n) is 8.05. The minimum atomic E-state index is -2.40. The van der Waals surface area contributed by atoms with Crippen LogP contribution in [0.5, 0.6) is 0 Å². The van der Waals surface area contributed by atoms with Gasteiger partial charge in [0.15, 0.2) is 5.78 Å². The zero-order valence-corrected chi connectivity index (χ0v) is 13.7. The fraction of sp³-hybridized carbons (Fsp3) is 0.200. The van der Waals surface area contributed by atoms with Crippen molar-refractivity contribution in [3.63, 3.8) is 0 Å². The van der Waals surface area contributed by atoms with Gasteiger partial charge in [-0.15, -0.1) is 0 Å². The lowest BCUT2D eigenvalue weighted by molar-refractivity contribution is -0.322. The lowest BCUT2D eigenvalue weighted by Crippen LogP contribution is -2.53. The number of rotatable bonds is 4. The molecule has 6 nitrogen and oxygen atoms in total. The van der Waals surface area contributed by atoms with Crippen LogP contribution in [0.4, 0.5) is 0 Å². The lowest BCUT2D eigenvalue weighted by atomic mass is 9.80. The van der Waals surface area contributed by atoms with E-state index in [1.807, 2.05) is 0 Å². The van der Waals surface area contributed by atoms with Crippen LogP contribution in [0.15, 0.2) is 60.7 Å². The van der Waals surface area contributed by atoms with E-state index in [9.17, 15) is 30.0 Å². The first-order valence-corrected chi connectivity index (χ1v) is 8.05. The van der Waals surface area contributed by atoms with Crippen LogP contribution in [0.2, 0.25) is 0 Å². The van der Waals surface area contributed by atoms with Crippen molar-refractivity contribution < 1.29 is 30.0 Å². The van der Waals surface area contributed by atoms with Crippen LogP contribution in [-0.4, -0.2) is 44.9 Å². The Bertz CT molecular complexity index is 873. The maximum atomic E-state index is 12.6. The molecular formula is C20H17O6-. The number of aliphatic hydroxyl groups excluding tert-OH is 2. The molecule has 2 aromatic carbocycles. The lowest BCUT2D eigenvalue weighted by Gasteiger charge is -2.36. The highest BCUT2D eigenvalue weighted by molar-refractivity contribution is 6.09. The Balaban J connectivity index is 2.03. The molecule has 0 saturated heterocycles. The molecule has 134 valence electrons. The van der Waals surface area contributed by atoms with Gasteiger partial charge in [-0.1, -0.05) is 48.5 Å². The monoisotopic (exact) mass is 353 g/mol. The van der Waals surface area contributed by atoms with Crippen molar-refractivity contribution in [3.05, 3.63) is 77.4 Å². The topological polar surface area (TPSA) is 118 Å². The van der Waals surface area contributed by atoms with Gasteiger partial charge in [0.1, 0.15) is 11.7 Å². The molecule has 0 saturated carbocycles. The second kappa shape index (κ2) is 6.84. The summed E-state index contributed by atoms with van der Waals surface area (Å²) in [5.41, 5.74) is -1.23. The predicted octanol–water partition coefficient (Wildman–Crippen LogP) is -0.0925. The Morgan fingerprint density at radius 3 is 2.31 bits per heavy atom. The van der Waals surface area contributed by atoms with E-state index in [1.54, 1.807) is 48.5 Å². The molecule has 0 aliphatic heterocycles. The van der Waals surface area contributed by atoms with Gasteiger partial charge in [-0.25, -0.2) is 0 Å². The standard InChI is InChI=1S/C20H18O6/c21-16-11-20(26,19(24)25)10-15(18(16)23)13-7-4-8-14(9-13)17(22)12-5-2-1-3-6-12/h1-10,16,18,21,23,26H,11H2,(H,24,25)/p-1/t16-,18-,20+/m1/s1. The predicted molar refractivity (Wildman–Crippen MR) is 90.9 cm³/mol. The largest absolute Gasteiger partial charge is 0.547 e. The van der Waals surface area contributed by atoms with Crippen molar-refractivity contribution in [2.75, 3.05) is 0 Å². The van der Waals surface area contributed by atoms with Gasteiger partial charge in [-0.2, -0.15) is 0 Å². The smallest absolute Gasteiger partial charge is 0.193 e. The van der Waals surface area contributed by atoms with Gasteiger partial charge < -0.3 is 25.2 Å². The zero-order chi connectivity index (χ0) is 18.9. The number of ketones is 1. The second-order valence-corrected chi connectivity index (χ2v) is 6.30. The van der Waals surface area contributed by atoms with Crippen LogP contribution in [0.25, 0.3) is 5.57 Å². The van der Waals surface area contributed by atoms with E-state index in [4.69, 9.17) is 0 Å². The summed E-state index contributed by atoms with van der Waals surface area (Å²) in [4.78, 5) is 23.8. The molecule has 0 heterocycles. The highest BCUT2D eigenvalue weighted by atomic mass is 16.4. The van der Waals surface area contributed by atoms with Gasteiger partial charge in [0.25, 0.3) is 0 Å². The highest BCUT2D eigenvalue weighted by Gasteiger charge is 2.39. The summed E-state index contributed by atoms with van der Waals surface area (Å²) >= 11 is 0. The number of carboxylic acid groups (broad SMARTS) is 1. The van der Waals surface area contributed by atoms with E-state index in [1.165, 1.54) is 6.07 Å². The van der Waals surface area contributed by atoms with E-state index in [0.29, 0.717) is 16.7 Å². The molecule has 0 amide bonds. The van der Waals surface area contributed by atoms with E-state index in [0.717, 1.165) is 6.08 Å². The average Bonchev–Trinajstić information content (AvgIpc) is 2.65. The van der Waals surface area contributed by atoms with Crippen LogP contribution < -0.4 is 5.11 Å². The number of hydrogen-bond donors (Lipinski definition) is 3. The summed E-state index contributed by atoms with van der Waals surface area (Å²) in [6, 6.07) is 14.8. The molecule has 2 aromatic rings. The first kappa shape index (κ1) is 18.0. The molecule has 6 heteroatoms. The molecule has 1 aliphatic carbocycles. The van der Waals surface area contributed by atoms with Crippen LogP contribution in [0.1, 0.15) is 27.9 Å². The first-order chi connectivity index (χ1) is 12.3. The van der Waals surface area contributed by atoms with Crippen LogP contribution >= 0.6 is 0 Å². The van der Waals surface area contributed by atoms with E-state index in [2.05, 4.69) is 0 Å². The van der Waals surface area contributed by atoms with E-state index in [-0.39, 0.29) is 11.4 Å². The van der Waals surface area contributed by atoms with Crippen LogP contribution in [0, 0.1) is 0 Å². The van der Waals surface area contributed by atoms with Gasteiger partial charge in [-0.3, -0.25) is 4.79 Å². The Labute approximate surface area is 149 Å². The summed E-state index contributed by atoms with van der Waals surface area (Å²) in [5.74, 6) is -2.01. The number of aliphatic carboxylic acids is 1. The highest BCUT2D eigenvalue weighted by Crippen LogP contribution is 2.33. The van der Waals surface area contributed by atoms with Gasteiger partial charge in [0.05, 0.1) is 12.1 Å². The summed E-state index contributed by atoms with van der Waals surface area (Å²) in [5, 5.41) is 41.5. The quantitative estimate of drug-likeness (QED) is 0.661. The van der Waals surface area contributed by atoms with Crippen LogP contribution in [0.3, 0.4) is 0 Å². The molecule has 0 spiro atoms. The molecule has 0 bridgehead atoms. The number of carboxylic acids is 1.